The molecule has 0 unspecified atom stereocenters. The fourth-order valence-electron chi connectivity index (χ4n) is 2.21. The van der Waals surface area contributed by atoms with Crippen molar-refractivity contribution in [2.24, 2.45) is 0 Å². The van der Waals surface area contributed by atoms with Gasteiger partial charge in [-0.05, 0) is 24.3 Å². The van der Waals surface area contributed by atoms with Crippen molar-refractivity contribution in [2.45, 2.75) is 6.18 Å². The average molecular weight is 368 g/mol. The summed E-state index contributed by atoms with van der Waals surface area (Å²) in [4.78, 5) is 12.0. The highest BCUT2D eigenvalue weighted by molar-refractivity contribution is 6.04. The van der Waals surface area contributed by atoms with Gasteiger partial charge in [-0.2, -0.15) is 13.2 Å². The van der Waals surface area contributed by atoms with Gasteiger partial charge >= 0.3 is 6.18 Å². The molecule has 0 saturated carbocycles. The molecule has 3 aromatic rings. The number of nitrogens with zero attached hydrogens (tertiary/aromatic N) is 1. The minimum absolute atomic E-state index is 0.0552. The lowest BCUT2D eigenvalue weighted by Crippen LogP contribution is -2.15. The van der Waals surface area contributed by atoms with Gasteiger partial charge in [0.25, 0.3) is 5.91 Å². The molecular formula is C17H9F5N2O2. The summed E-state index contributed by atoms with van der Waals surface area (Å²) in [5.74, 6) is -3.50. The minimum Gasteiger partial charge on any atom is -0.354 e. The average Bonchev–Trinajstić information content (AvgIpc) is 3.02. The Hall–Kier alpha value is -3.23. The Balaban J connectivity index is 1.84. The van der Waals surface area contributed by atoms with E-state index in [1.54, 1.807) is 0 Å². The maximum Gasteiger partial charge on any atom is 0.416 e. The van der Waals surface area contributed by atoms with E-state index in [1.165, 1.54) is 12.1 Å². The van der Waals surface area contributed by atoms with Crippen molar-refractivity contribution in [3.63, 3.8) is 0 Å². The van der Waals surface area contributed by atoms with Crippen LogP contribution in [0.2, 0.25) is 0 Å². The number of amides is 1. The van der Waals surface area contributed by atoms with E-state index in [0.29, 0.717) is 0 Å². The van der Waals surface area contributed by atoms with E-state index >= 15 is 0 Å². The van der Waals surface area contributed by atoms with E-state index in [1.807, 2.05) is 0 Å². The first-order chi connectivity index (χ1) is 12.3. The first-order valence-electron chi connectivity index (χ1n) is 7.15. The molecule has 2 aromatic carbocycles. The van der Waals surface area contributed by atoms with Crippen LogP contribution in [0.15, 0.2) is 53.1 Å². The third-order valence-corrected chi connectivity index (χ3v) is 3.42. The van der Waals surface area contributed by atoms with Gasteiger partial charge in [0, 0.05) is 11.6 Å². The second-order valence-electron chi connectivity index (χ2n) is 5.21. The van der Waals surface area contributed by atoms with Crippen LogP contribution >= 0.6 is 0 Å². The number of hydrogen-bond donors (Lipinski definition) is 1. The highest BCUT2D eigenvalue weighted by Crippen LogP contribution is 2.32. The zero-order valence-electron chi connectivity index (χ0n) is 12.8. The van der Waals surface area contributed by atoms with E-state index in [-0.39, 0.29) is 17.1 Å². The molecule has 1 N–H and O–H groups in total. The van der Waals surface area contributed by atoms with Crippen molar-refractivity contribution in [3.05, 3.63) is 71.3 Å². The molecule has 0 atom stereocenters. The summed E-state index contributed by atoms with van der Waals surface area (Å²) in [5, 5.41) is 5.61. The Bertz CT molecular complexity index is 946. The number of hydrogen-bond acceptors (Lipinski definition) is 3. The molecule has 9 heteroatoms. The van der Waals surface area contributed by atoms with Crippen LogP contribution in [-0.2, 0) is 6.18 Å². The molecule has 0 fully saturated rings. The summed E-state index contributed by atoms with van der Waals surface area (Å²) in [6.45, 7) is 0. The van der Waals surface area contributed by atoms with Gasteiger partial charge in [-0.25, -0.2) is 8.78 Å². The molecule has 0 saturated heterocycles. The van der Waals surface area contributed by atoms with Gasteiger partial charge < -0.3 is 9.84 Å². The first-order valence-corrected chi connectivity index (χ1v) is 7.15. The van der Waals surface area contributed by atoms with Crippen molar-refractivity contribution in [2.75, 3.05) is 5.32 Å². The summed E-state index contributed by atoms with van der Waals surface area (Å²) in [7, 11) is 0. The largest absolute Gasteiger partial charge is 0.416 e. The van der Waals surface area contributed by atoms with Crippen LogP contribution in [0.1, 0.15) is 15.9 Å². The number of rotatable bonds is 3. The smallest absolute Gasteiger partial charge is 0.354 e. The van der Waals surface area contributed by atoms with Crippen LogP contribution < -0.4 is 5.32 Å². The molecule has 0 radical (unpaired) electrons. The molecule has 3 rings (SSSR count). The zero-order chi connectivity index (χ0) is 18.9. The summed E-state index contributed by atoms with van der Waals surface area (Å²) < 4.78 is 70.3. The highest BCUT2D eigenvalue weighted by Gasteiger charge is 2.30. The Labute approximate surface area is 143 Å². The molecule has 4 nitrogen and oxygen atoms in total. The van der Waals surface area contributed by atoms with Crippen molar-refractivity contribution in [3.8, 4) is 11.3 Å². The molecule has 0 aliphatic rings. The molecule has 1 aromatic heterocycles. The molecule has 0 bridgehead atoms. The van der Waals surface area contributed by atoms with E-state index in [0.717, 1.165) is 36.4 Å². The molecular weight excluding hydrogens is 359 g/mol. The molecule has 0 aliphatic carbocycles. The fraction of sp³-hybridized carbons (Fsp3) is 0.0588. The molecule has 26 heavy (non-hydrogen) atoms. The van der Waals surface area contributed by atoms with Gasteiger partial charge in [0.15, 0.2) is 11.6 Å². The zero-order valence-corrected chi connectivity index (χ0v) is 12.8. The van der Waals surface area contributed by atoms with Crippen molar-refractivity contribution in [1.29, 1.82) is 0 Å². The summed E-state index contributed by atoms with van der Waals surface area (Å²) >= 11 is 0. The van der Waals surface area contributed by atoms with E-state index in [4.69, 9.17) is 4.52 Å². The van der Waals surface area contributed by atoms with Crippen LogP contribution in [0.4, 0.5) is 27.8 Å². The third-order valence-electron chi connectivity index (χ3n) is 3.42. The lowest BCUT2D eigenvalue weighted by molar-refractivity contribution is -0.137. The quantitative estimate of drug-likeness (QED) is 0.670. The number of carbonyl (C=O) groups excluding carboxylic acids is 1. The number of carbonyl (C=O) groups is 1. The predicted octanol–water partition coefficient (Wildman–Crippen LogP) is 4.89. The standard InChI is InChI=1S/C17H9F5N2O2/c18-11-5-2-6-12(19)15(11)16(25)23-14-8-13(26-24-14)9-3-1-4-10(7-9)17(20,21)22/h1-8H,(H,23,24,25). The number of alkyl halides is 3. The number of anilines is 1. The minimum atomic E-state index is -4.53. The van der Waals surface area contributed by atoms with Crippen LogP contribution in [0.3, 0.4) is 0 Å². The lowest BCUT2D eigenvalue weighted by Gasteiger charge is -2.06. The van der Waals surface area contributed by atoms with Crippen LogP contribution in [-0.4, -0.2) is 11.1 Å². The Morgan fingerprint density at radius 2 is 1.65 bits per heavy atom. The topological polar surface area (TPSA) is 55.1 Å². The first kappa shape index (κ1) is 17.6. The van der Waals surface area contributed by atoms with Crippen molar-refractivity contribution < 1.29 is 31.3 Å². The van der Waals surface area contributed by atoms with Gasteiger partial charge in [-0.3, -0.25) is 4.79 Å². The SMILES string of the molecule is O=C(Nc1cc(-c2cccc(C(F)(F)F)c2)on1)c1c(F)cccc1F. The normalized spacial score (nSPS) is 11.4. The van der Waals surface area contributed by atoms with Gasteiger partial charge in [0.1, 0.15) is 17.2 Å². The van der Waals surface area contributed by atoms with E-state index in [9.17, 15) is 26.7 Å². The van der Waals surface area contributed by atoms with Crippen LogP contribution in [0, 0.1) is 11.6 Å². The Morgan fingerprint density at radius 1 is 1.00 bits per heavy atom. The fourth-order valence-corrected chi connectivity index (χ4v) is 2.21. The monoisotopic (exact) mass is 368 g/mol. The summed E-state index contributed by atoms with van der Waals surface area (Å²) in [5.41, 5.74) is -1.62. The van der Waals surface area contributed by atoms with Gasteiger partial charge in [0.05, 0.1) is 5.56 Å². The summed E-state index contributed by atoms with van der Waals surface area (Å²) in [6.07, 6.45) is -4.53. The molecule has 1 heterocycles. The third kappa shape index (κ3) is 3.56. The van der Waals surface area contributed by atoms with Gasteiger partial charge in [-0.1, -0.05) is 23.4 Å². The second-order valence-corrected chi connectivity index (χ2v) is 5.21. The summed E-state index contributed by atoms with van der Waals surface area (Å²) in [6, 6.07) is 8.36. The number of nitrogens with one attached hydrogen (secondary N) is 1. The molecule has 0 spiro atoms. The van der Waals surface area contributed by atoms with E-state index < -0.39 is 34.8 Å². The van der Waals surface area contributed by atoms with Crippen LogP contribution in [0.25, 0.3) is 11.3 Å². The molecule has 134 valence electrons. The predicted molar refractivity (Wildman–Crippen MR) is 81.3 cm³/mol. The van der Waals surface area contributed by atoms with Crippen molar-refractivity contribution >= 4 is 11.7 Å². The maximum atomic E-state index is 13.6. The number of aromatic nitrogens is 1. The molecule has 1 amide bonds. The van der Waals surface area contributed by atoms with Gasteiger partial charge in [-0.15, -0.1) is 0 Å². The lowest BCUT2D eigenvalue weighted by atomic mass is 10.1. The number of benzene rings is 2. The van der Waals surface area contributed by atoms with Crippen LogP contribution in [0.5, 0.6) is 0 Å². The second kappa shape index (κ2) is 6.58. The Morgan fingerprint density at radius 3 is 2.31 bits per heavy atom. The van der Waals surface area contributed by atoms with Crippen molar-refractivity contribution in [1.82, 2.24) is 5.16 Å². The van der Waals surface area contributed by atoms with E-state index in [2.05, 4.69) is 10.5 Å². The number of halogens is 5. The Kier molecular flexibility index (Phi) is 4.45. The molecule has 0 aliphatic heterocycles. The van der Waals surface area contributed by atoms with Gasteiger partial charge in [0.2, 0.25) is 0 Å². The maximum absolute atomic E-state index is 13.6. The highest BCUT2D eigenvalue weighted by atomic mass is 19.4.